The van der Waals surface area contributed by atoms with Gasteiger partial charge in [0, 0.05) is 19.0 Å². The van der Waals surface area contributed by atoms with Crippen LogP contribution in [0.25, 0.3) is 0 Å². The first-order valence-corrected chi connectivity index (χ1v) is 5.42. The van der Waals surface area contributed by atoms with Crippen molar-refractivity contribution in [3.63, 3.8) is 0 Å². The summed E-state index contributed by atoms with van der Waals surface area (Å²) >= 11 is 5.65. The molecule has 14 heavy (non-hydrogen) atoms. The van der Waals surface area contributed by atoms with Crippen LogP contribution in [0.5, 0.6) is 0 Å². The van der Waals surface area contributed by atoms with E-state index >= 15 is 0 Å². The molecule has 3 nitrogen and oxygen atoms in total. The molecule has 0 aliphatic rings. The SMILES string of the molecule is CCN(CCCCl)c1ccc(C)nn1. The second-order valence-corrected chi connectivity index (χ2v) is 3.53. The average Bonchev–Trinajstić information content (AvgIpc) is 2.21. The summed E-state index contributed by atoms with van der Waals surface area (Å²) in [5.74, 6) is 1.62. The molecular formula is C10H16ClN3. The van der Waals surface area contributed by atoms with Crippen LogP contribution >= 0.6 is 11.6 Å². The number of alkyl halides is 1. The summed E-state index contributed by atoms with van der Waals surface area (Å²) in [7, 11) is 0. The smallest absolute Gasteiger partial charge is 0.151 e. The number of hydrogen-bond acceptors (Lipinski definition) is 3. The third-order valence-electron chi connectivity index (χ3n) is 2.05. The van der Waals surface area contributed by atoms with Gasteiger partial charge in [-0.15, -0.1) is 16.7 Å². The number of halogens is 1. The Morgan fingerprint density at radius 3 is 2.64 bits per heavy atom. The topological polar surface area (TPSA) is 29.0 Å². The van der Waals surface area contributed by atoms with Crippen molar-refractivity contribution in [3.8, 4) is 0 Å². The number of aryl methyl sites for hydroxylation is 1. The second-order valence-electron chi connectivity index (χ2n) is 3.16. The first kappa shape index (κ1) is 11.2. The highest BCUT2D eigenvalue weighted by Crippen LogP contribution is 2.09. The largest absolute Gasteiger partial charge is 0.355 e. The van der Waals surface area contributed by atoms with Crippen LogP contribution in [0, 0.1) is 6.92 Å². The predicted molar refractivity (Wildman–Crippen MR) is 60.0 cm³/mol. The third-order valence-corrected chi connectivity index (χ3v) is 2.32. The fourth-order valence-corrected chi connectivity index (χ4v) is 1.37. The van der Waals surface area contributed by atoms with Crippen LogP contribution < -0.4 is 4.90 Å². The molecule has 0 unspecified atom stereocenters. The third kappa shape index (κ3) is 3.14. The van der Waals surface area contributed by atoms with Gasteiger partial charge >= 0.3 is 0 Å². The van der Waals surface area contributed by atoms with Crippen molar-refractivity contribution < 1.29 is 0 Å². The van der Waals surface area contributed by atoms with Gasteiger partial charge in [0.1, 0.15) is 0 Å². The Balaban J connectivity index is 2.64. The van der Waals surface area contributed by atoms with Crippen LogP contribution in [0.4, 0.5) is 5.82 Å². The summed E-state index contributed by atoms with van der Waals surface area (Å²) in [6.45, 7) is 5.92. The lowest BCUT2D eigenvalue weighted by Gasteiger charge is -2.20. The van der Waals surface area contributed by atoms with Gasteiger partial charge < -0.3 is 4.90 Å². The van der Waals surface area contributed by atoms with Crippen molar-refractivity contribution in [3.05, 3.63) is 17.8 Å². The minimum Gasteiger partial charge on any atom is -0.355 e. The number of nitrogens with zero attached hydrogens (tertiary/aromatic N) is 3. The molecule has 0 saturated heterocycles. The minimum atomic E-state index is 0.690. The molecule has 0 saturated carbocycles. The van der Waals surface area contributed by atoms with Crippen LogP contribution in [0.3, 0.4) is 0 Å². The molecule has 0 aromatic carbocycles. The fraction of sp³-hybridized carbons (Fsp3) is 0.600. The molecule has 0 amide bonds. The number of anilines is 1. The normalized spacial score (nSPS) is 10.2. The van der Waals surface area contributed by atoms with E-state index in [0.717, 1.165) is 31.0 Å². The zero-order valence-corrected chi connectivity index (χ0v) is 9.46. The van der Waals surface area contributed by atoms with Crippen LogP contribution in [0.15, 0.2) is 12.1 Å². The summed E-state index contributed by atoms with van der Waals surface area (Å²) in [5.41, 5.74) is 0.946. The fourth-order valence-electron chi connectivity index (χ4n) is 1.25. The molecule has 1 heterocycles. The highest BCUT2D eigenvalue weighted by atomic mass is 35.5. The molecular weight excluding hydrogens is 198 g/mol. The van der Waals surface area contributed by atoms with Crippen molar-refractivity contribution in [1.82, 2.24) is 10.2 Å². The monoisotopic (exact) mass is 213 g/mol. The van der Waals surface area contributed by atoms with Crippen molar-refractivity contribution in [2.75, 3.05) is 23.9 Å². The van der Waals surface area contributed by atoms with E-state index in [1.54, 1.807) is 0 Å². The maximum Gasteiger partial charge on any atom is 0.151 e. The zero-order chi connectivity index (χ0) is 10.4. The Morgan fingerprint density at radius 2 is 2.14 bits per heavy atom. The molecule has 1 rings (SSSR count). The summed E-state index contributed by atoms with van der Waals surface area (Å²) < 4.78 is 0. The summed E-state index contributed by atoms with van der Waals surface area (Å²) in [6, 6.07) is 3.98. The van der Waals surface area contributed by atoms with Gasteiger partial charge in [-0.25, -0.2) is 0 Å². The molecule has 0 atom stereocenters. The van der Waals surface area contributed by atoms with Gasteiger partial charge in [-0.2, -0.15) is 5.10 Å². The minimum absolute atomic E-state index is 0.690. The van der Waals surface area contributed by atoms with E-state index in [4.69, 9.17) is 11.6 Å². The van der Waals surface area contributed by atoms with Gasteiger partial charge in [0.2, 0.25) is 0 Å². The van der Waals surface area contributed by atoms with E-state index in [2.05, 4.69) is 22.0 Å². The number of rotatable bonds is 5. The maximum atomic E-state index is 5.65. The molecule has 0 fully saturated rings. The van der Waals surface area contributed by atoms with Crippen molar-refractivity contribution in [2.45, 2.75) is 20.3 Å². The number of aromatic nitrogens is 2. The van der Waals surface area contributed by atoms with E-state index in [1.807, 2.05) is 19.1 Å². The van der Waals surface area contributed by atoms with Crippen molar-refractivity contribution >= 4 is 17.4 Å². The van der Waals surface area contributed by atoms with Gasteiger partial charge in [0.05, 0.1) is 5.69 Å². The van der Waals surface area contributed by atoms with Crippen LogP contribution in [0.1, 0.15) is 19.0 Å². The van der Waals surface area contributed by atoms with E-state index < -0.39 is 0 Å². The molecule has 1 aromatic rings. The van der Waals surface area contributed by atoms with Crippen LogP contribution in [-0.4, -0.2) is 29.2 Å². The van der Waals surface area contributed by atoms with Gasteiger partial charge in [-0.1, -0.05) is 0 Å². The van der Waals surface area contributed by atoms with E-state index in [0.29, 0.717) is 5.88 Å². The van der Waals surface area contributed by atoms with E-state index in [1.165, 1.54) is 0 Å². The molecule has 0 aliphatic heterocycles. The Kier molecular flexibility index (Phi) is 4.66. The molecule has 0 aliphatic carbocycles. The zero-order valence-electron chi connectivity index (χ0n) is 8.70. The van der Waals surface area contributed by atoms with Crippen molar-refractivity contribution in [2.24, 2.45) is 0 Å². The highest BCUT2D eigenvalue weighted by Gasteiger charge is 2.04. The lowest BCUT2D eigenvalue weighted by Crippen LogP contribution is -2.25. The first-order chi connectivity index (χ1) is 6.77. The predicted octanol–water partition coefficient (Wildman–Crippen LogP) is 2.24. The van der Waals surface area contributed by atoms with Crippen LogP contribution in [-0.2, 0) is 0 Å². The standard InChI is InChI=1S/C10H16ClN3/c1-3-14(8-4-7-11)10-6-5-9(2)12-13-10/h5-6H,3-4,7-8H2,1-2H3. The number of hydrogen-bond donors (Lipinski definition) is 0. The Bertz CT molecular complexity index is 261. The molecule has 78 valence electrons. The Labute approximate surface area is 90.1 Å². The molecule has 0 radical (unpaired) electrons. The summed E-state index contributed by atoms with van der Waals surface area (Å²) in [5, 5.41) is 8.17. The molecule has 0 N–H and O–H groups in total. The highest BCUT2D eigenvalue weighted by molar-refractivity contribution is 6.17. The van der Waals surface area contributed by atoms with Gasteiger partial charge in [0.15, 0.2) is 5.82 Å². The average molecular weight is 214 g/mol. The second kappa shape index (κ2) is 5.81. The van der Waals surface area contributed by atoms with Gasteiger partial charge in [0.25, 0.3) is 0 Å². The molecule has 0 spiro atoms. The van der Waals surface area contributed by atoms with Gasteiger partial charge in [-0.05, 0) is 32.4 Å². The van der Waals surface area contributed by atoms with E-state index in [-0.39, 0.29) is 0 Å². The Hall–Kier alpha value is -0.830. The molecule has 1 aromatic heterocycles. The van der Waals surface area contributed by atoms with E-state index in [9.17, 15) is 0 Å². The van der Waals surface area contributed by atoms with Gasteiger partial charge in [-0.3, -0.25) is 0 Å². The van der Waals surface area contributed by atoms with Crippen molar-refractivity contribution in [1.29, 1.82) is 0 Å². The Morgan fingerprint density at radius 1 is 1.36 bits per heavy atom. The molecule has 0 bridgehead atoms. The summed E-state index contributed by atoms with van der Waals surface area (Å²) in [4.78, 5) is 2.18. The quantitative estimate of drug-likeness (QED) is 0.703. The summed E-state index contributed by atoms with van der Waals surface area (Å²) in [6.07, 6.45) is 0.977. The lowest BCUT2D eigenvalue weighted by atomic mass is 10.3. The maximum absolute atomic E-state index is 5.65. The lowest BCUT2D eigenvalue weighted by molar-refractivity contribution is 0.766. The van der Waals surface area contributed by atoms with Crippen LogP contribution in [0.2, 0.25) is 0 Å². The first-order valence-electron chi connectivity index (χ1n) is 4.89. The molecule has 4 heteroatoms.